The summed E-state index contributed by atoms with van der Waals surface area (Å²) in [6.45, 7) is 1.60. The van der Waals surface area contributed by atoms with Crippen molar-refractivity contribution in [1.29, 1.82) is 0 Å². The van der Waals surface area contributed by atoms with Crippen molar-refractivity contribution in [2.24, 2.45) is 0 Å². The van der Waals surface area contributed by atoms with Crippen LogP contribution in [0.15, 0.2) is 45.3 Å². The number of nitrogens with zero attached hydrogens (tertiary/aromatic N) is 1. The summed E-state index contributed by atoms with van der Waals surface area (Å²) in [6.07, 6.45) is 0.835. The number of alkyl halides is 1. The summed E-state index contributed by atoms with van der Waals surface area (Å²) in [5.74, 6) is 0.0174. The molecule has 1 aliphatic rings. The fourth-order valence-corrected chi connectivity index (χ4v) is 4.19. The van der Waals surface area contributed by atoms with Crippen molar-refractivity contribution in [3.8, 4) is 0 Å². The molecule has 1 aliphatic heterocycles. The lowest BCUT2D eigenvalue weighted by Gasteiger charge is -2.24. The van der Waals surface area contributed by atoms with Crippen LogP contribution in [0.4, 0.5) is 11.4 Å². The number of hydrogen-bond acceptors (Lipinski definition) is 1. The third kappa shape index (κ3) is 2.83. The predicted molar refractivity (Wildman–Crippen MR) is 96.5 cm³/mol. The maximum absolute atomic E-state index is 12.2. The van der Waals surface area contributed by atoms with Gasteiger partial charge in [-0.25, -0.2) is 0 Å². The highest BCUT2D eigenvalue weighted by Gasteiger charge is 2.28. The first-order chi connectivity index (χ1) is 9.97. The van der Waals surface area contributed by atoms with Crippen LogP contribution in [-0.4, -0.2) is 5.91 Å². The van der Waals surface area contributed by atoms with Crippen LogP contribution >= 0.6 is 47.8 Å². The highest BCUT2D eigenvalue weighted by Crippen LogP contribution is 2.44. The van der Waals surface area contributed by atoms with E-state index in [0.717, 1.165) is 37.9 Å². The number of amides is 1. The third-order valence-electron chi connectivity index (χ3n) is 3.56. The van der Waals surface area contributed by atoms with E-state index in [1.807, 2.05) is 24.3 Å². The summed E-state index contributed by atoms with van der Waals surface area (Å²) >= 11 is 10.8. The molecule has 2 nitrogen and oxygen atoms in total. The Balaban J connectivity index is 2.28. The summed E-state index contributed by atoms with van der Waals surface area (Å²) in [5.41, 5.74) is 4.16. The molecule has 0 radical (unpaired) electrons. The lowest BCUT2D eigenvalue weighted by Crippen LogP contribution is -2.23. The average Bonchev–Trinajstić information content (AvgIpc) is 2.53. The van der Waals surface area contributed by atoms with E-state index in [1.54, 1.807) is 11.8 Å². The second-order valence-corrected chi connectivity index (χ2v) is 7.94. The second kappa shape index (κ2) is 5.86. The summed E-state index contributed by atoms with van der Waals surface area (Å²) in [5, 5.41) is 0. The number of halogens is 3. The maximum Gasteiger partial charge on any atom is 0.228 e. The van der Waals surface area contributed by atoms with Crippen molar-refractivity contribution < 1.29 is 4.79 Å². The third-order valence-corrected chi connectivity index (χ3v) is 5.37. The summed E-state index contributed by atoms with van der Waals surface area (Å²) in [4.78, 5) is 14.2. The Labute approximate surface area is 148 Å². The van der Waals surface area contributed by atoms with Gasteiger partial charge in [0.05, 0.1) is 11.4 Å². The van der Waals surface area contributed by atoms with Gasteiger partial charge in [-0.05, 0) is 53.9 Å². The second-order valence-electron chi connectivity index (χ2n) is 5.00. The van der Waals surface area contributed by atoms with Crippen LogP contribution < -0.4 is 4.90 Å². The first-order valence-electron chi connectivity index (χ1n) is 6.50. The van der Waals surface area contributed by atoms with Gasteiger partial charge < -0.3 is 0 Å². The number of hydrogen-bond donors (Lipinski definition) is 0. The first-order valence-corrected chi connectivity index (χ1v) is 9.00. The molecule has 108 valence electrons. The van der Waals surface area contributed by atoms with Crippen molar-refractivity contribution in [2.45, 2.75) is 18.2 Å². The van der Waals surface area contributed by atoms with Gasteiger partial charge in [0.1, 0.15) is 0 Å². The molecular formula is C16H12Br3NO. The van der Waals surface area contributed by atoms with Crippen molar-refractivity contribution in [3.05, 3.63) is 56.5 Å². The van der Waals surface area contributed by atoms with E-state index >= 15 is 0 Å². The van der Waals surface area contributed by atoms with Gasteiger partial charge >= 0.3 is 0 Å². The standard InChI is InChI=1S/C16H12Br3NO/c1-9(21)20-15-4-2-11(17)6-10(15)7-14(19)13-8-12(18)3-5-16(13)20/h2-6,8,14H,7H2,1H3. The Hall–Kier alpha value is -0.650. The molecule has 0 spiro atoms. The van der Waals surface area contributed by atoms with Gasteiger partial charge in [0.2, 0.25) is 5.91 Å². The van der Waals surface area contributed by atoms with Gasteiger partial charge in [0, 0.05) is 20.7 Å². The van der Waals surface area contributed by atoms with E-state index < -0.39 is 0 Å². The Morgan fingerprint density at radius 2 is 1.71 bits per heavy atom. The largest absolute Gasteiger partial charge is 0.281 e. The molecule has 1 unspecified atom stereocenters. The molecule has 0 saturated heterocycles. The van der Waals surface area contributed by atoms with Crippen molar-refractivity contribution >= 4 is 65.1 Å². The fraction of sp³-hybridized carbons (Fsp3) is 0.188. The van der Waals surface area contributed by atoms with Crippen LogP contribution in [0.3, 0.4) is 0 Å². The number of anilines is 2. The van der Waals surface area contributed by atoms with E-state index in [4.69, 9.17) is 0 Å². The zero-order valence-corrected chi connectivity index (χ0v) is 16.0. The lowest BCUT2D eigenvalue weighted by molar-refractivity contribution is -0.115. The van der Waals surface area contributed by atoms with E-state index in [1.165, 1.54) is 0 Å². The smallest absolute Gasteiger partial charge is 0.228 e. The normalized spacial score (nSPS) is 17.0. The van der Waals surface area contributed by atoms with Gasteiger partial charge in [0.25, 0.3) is 0 Å². The Kier molecular flexibility index (Phi) is 4.26. The number of rotatable bonds is 0. The molecule has 2 aromatic carbocycles. The summed E-state index contributed by atoms with van der Waals surface area (Å²) < 4.78 is 2.04. The van der Waals surface area contributed by atoms with Crippen LogP contribution in [0.5, 0.6) is 0 Å². The molecule has 1 heterocycles. The lowest BCUT2D eigenvalue weighted by atomic mass is 10.0. The van der Waals surface area contributed by atoms with E-state index in [9.17, 15) is 4.79 Å². The molecular weight excluding hydrogens is 462 g/mol. The Morgan fingerprint density at radius 1 is 1.10 bits per heavy atom. The highest BCUT2D eigenvalue weighted by atomic mass is 79.9. The minimum Gasteiger partial charge on any atom is -0.281 e. The van der Waals surface area contributed by atoms with Crippen molar-refractivity contribution in [3.63, 3.8) is 0 Å². The molecule has 0 aromatic heterocycles. The maximum atomic E-state index is 12.2. The van der Waals surface area contributed by atoms with E-state index in [-0.39, 0.29) is 10.7 Å². The molecule has 0 N–H and O–H groups in total. The molecule has 1 atom stereocenters. The first kappa shape index (κ1) is 15.3. The van der Waals surface area contributed by atoms with Crippen molar-refractivity contribution in [1.82, 2.24) is 0 Å². The van der Waals surface area contributed by atoms with Gasteiger partial charge in [-0.1, -0.05) is 47.8 Å². The molecule has 0 aliphatic carbocycles. The fourth-order valence-electron chi connectivity index (χ4n) is 2.69. The molecule has 0 saturated carbocycles. The summed E-state index contributed by atoms with van der Waals surface area (Å²) in [6, 6.07) is 12.1. The molecule has 21 heavy (non-hydrogen) atoms. The van der Waals surface area contributed by atoms with Crippen LogP contribution in [-0.2, 0) is 11.2 Å². The Bertz CT molecular complexity index is 729. The van der Waals surface area contributed by atoms with Gasteiger partial charge in [-0.15, -0.1) is 0 Å². The van der Waals surface area contributed by atoms with Crippen molar-refractivity contribution in [2.75, 3.05) is 4.90 Å². The predicted octanol–water partition coefficient (Wildman–Crippen LogP) is 5.89. The van der Waals surface area contributed by atoms with E-state index in [2.05, 4.69) is 59.9 Å². The zero-order valence-electron chi connectivity index (χ0n) is 11.2. The number of benzene rings is 2. The topological polar surface area (TPSA) is 20.3 Å². The van der Waals surface area contributed by atoms with Crippen LogP contribution in [0.2, 0.25) is 0 Å². The molecule has 3 rings (SSSR count). The molecule has 0 bridgehead atoms. The number of carbonyl (C=O) groups is 1. The molecule has 2 aromatic rings. The van der Waals surface area contributed by atoms with Gasteiger partial charge in [-0.2, -0.15) is 0 Å². The Morgan fingerprint density at radius 3 is 2.38 bits per heavy atom. The van der Waals surface area contributed by atoms with Gasteiger partial charge in [0.15, 0.2) is 0 Å². The number of carbonyl (C=O) groups excluding carboxylic acids is 1. The average molecular weight is 474 g/mol. The highest BCUT2D eigenvalue weighted by molar-refractivity contribution is 9.10. The van der Waals surface area contributed by atoms with Crippen LogP contribution in [0.1, 0.15) is 22.9 Å². The minimum atomic E-state index is 0.0174. The van der Waals surface area contributed by atoms with Crippen LogP contribution in [0.25, 0.3) is 0 Å². The monoisotopic (exact) mass is 471 g/mol. The molecule has 1 amide bonds. The van der Waals surface area contributed by atoms with Gasteiger partial charge in [-0.3, -0.25) is 9.69 Å². The summed E-state index contributed by atoms with van der Waals surface area (Å²) in [7, 11) is 0. The van der Waals surface area contributed by atoms with Crippen LogP contribution in [0, 0.1) is 0 Å². The minimum absolute atomic E-state index is 0.0174. The number of fused-ring (bicyclic) bond motifs is 2. The zero-order chi connectivity index (χ0) is 15.1. The van der Waals surface area contributed by atoms with E-state index in [0.29, 0.717) is 0 Å². The quantitative estimate of drug-likeness (QED) is 0.437. The molecule has 5 heteroatoms. The molecule has 0 fully saturated rings. The SMILES string of the molecule is CC(=O)N1c2ccc(Br)cc2CC(Br)c2cc(Br)ccc21.